The van der Waals surface area contributed by atoms with Crippen molar-refractivity contribution in [3.8, 4) is 0 Å². The molecule has 0 radical (unpaired) electrons. The highest BCUT2D eigenvalue weighted by atomic mass is 35.5. The van der Waals surface area contributed by atoms with E-state index in [1.807, 2.05) is 0 Å². The molecule has 0 aliphatic heterocycles. The summed E-state index contributed by atoms with van der Waals surface area (Å²) in [5.41, 5.74) is 3.36. The van der Waals surface area contributed by atoms with E-state index in [1.165, 1.54) is 23.5 Å². The smallest absolute Gasteiger partial charge is 0.270 e. The summed E-state index contributed by atoms with van der Waals surface area (Å²) < 4.78 is 14.2. The van der Waals surface area contributed by atoms with Crippen molar-refractivity contribution in [2.24, 2.45) is 0 Å². The van der Waals surface area contributed by atoms with Gasteiger partial charge in [-0.3, -0.25) is 9.59 Å². The number of aryl methyl sites for hydroxylation is 1. The second-order valence-electron chi connectivity index (χ2n) is 6.77. The first kappa shape index (κ1) is 20.3. The third-order valence-electron chi connectivity index (χ3n) is 4.82. The maximum atomic E-state index is 14.2. The molecule has 2 aromatic carbocycles. The summed E-state index contributed by atoms with van der Waals surface area (Å²) >= 11 is 7.42. The number of nitrogens with one attached hydrogen (secondary N) is 1. The van der Waals surface area contributed by atoms with Crippen molar-refractivity contribution < 1.29 is 9.18 Å². The minimum atomic E-state index is -0.491. The Hall–Kier alpha value is -3.03. The minimum absolute atomic E-state index is 0.166. The number of fused-ring (bicyclic) bond motifs is 1. The van der Waals surface area contributed by atoms with Crippen LogP contribution in [0.3, 0.4) is 0 Å². The molecule has 2 aromatic heterocycles. The van der Waals surface area contributed by atoms with Gasteiger partial charge in [-0.25, -0.2) is 9.37 Å². The molecule has 30 heavy (non-hydrogen) atoms. The summed E-state index contributed by atoms with van der Waals surface area (Å²) in [4.78, 5) is 34.2. The Bertz CT molecular complexity index is 1300. The molecule has 8 heteroatoms. The van der Waals surface area contributed by atoms with Crippen LogP contribution in [-0.4, -0.2) is 22.4 Å². The molecule has 0 unspecified atom stereocenters. The number of pyridine rings is 1. The molecule has 4 rings (SSSR count). The van der Waals surface area contributed by atoms with Crippen molar-refractivity contribution >= 4 is 45.4 Å². The highest BCUT2D eigenvalue weighted by molar-refractivity contribution is 7.12. The Labute approximate surface area is 180 Å². The molecule has 0 fully saturated rings. The van der Waals surface area contributed by atoms with Gasteiger partial charge in [0.2, 0.25) is 5.56 Å². The van der Waals surface area contributed by atoms with Gasteiger partial charge in [-0.15, -0.1) is 11.3 Å². The van der Waals surface area contributed by atoms with Gasteiger partial charge in [-0.05, 0) is 43.2 Å². The fraction of sp³-hybridized carbons (Fsp3) is 0.136. The third-order valence-corrected chi connectivity index (χ3v) is 5.97. The molecular formula is C22H17ClFN3O2S. The summed E-state index contributed by atoms with van der Waals surface area (Å²) in [6.45, 7) is 2.07. The second kappa shape index (κ2) is 8.38. The molecule has 1 amide bonds. The van der Waals surface area contributed by atoms with Crippen LogP contribution < -0.4 is 10.5 Å². The molecule has 4 aromatic rings. The van der Waals surface area contributed by atoms with E-state index in [0.717, 1.165) is 0 Å². The van der Waals surface area contributed by atoms with Gasteiger partial charge in [0.25, 0.3) is 5.91 Å². The molecule has 0 aliphatic carbocycles. The highest BCUT2D eigenvalue weighted by Gasteiger charge is 2.22. The number of nitrogens with zero attached hydrogens (tertiary/aromatic N) is 2. The van der Waals surface area contributed by atoms with E-state index in [0.29, 0.717) is 38.7 Å². The number of hydrogen-bond donors (Lipinski definition) is 1. The highest BCUT2D eigenvalue weighted by Crippen LogP contribution is 2.25. The Kier molecular flexibility index (Phi) is 5.65. The van der Waals surface area contributed by atoms with Crippen molar-refractivity contribution in [1.29, 1.82) is 0 Å². The molecule has 0 aliphatic rings. The van der Waals surface area contributed by atoms with E-state index in [4.69, 9.17) is 11.6 Å². The predicted molar refractivity (Wildman–Crippen MR) is 118 cm³/mol. The van der Waals surface area contributed by atoms with Crippen molar-refractivity contribution in [2.75, 3.05) is 11.4 Å². The van der Waals surface area contributed by atoms with Gasteiger partial charge in [-0.2, -0.15) is 0 Å². The summed E-state index contributed by atoms with van der Waals surface area (Å²) in [7, 11) is 0. The van der Waals surface area contributed by atoms with Crippen LogP contribution in [-0.2, 0) is 6.42 Å². The molecule has 0 atom stereocenters. The Morgan fingerprint density at radius 3 is 2.77 bits per heavy atom. The molecule has 0 spiro atoms. The molecule has 5 nitrogen and oxygen atoms in total. The molecule has 0 saturated heterocycles. The van der Waals surface area contributed by atoms with E-state index in [1.54, 1.807) is 53.7 Å². The molecule has 0 saturated carbocycles. The van der Waals surface area contributed by atoms with E-state index in [-0.39, 0.29) is 23.5 Å². The first-order chi connectivity index (χ1) is 14.4. The lowest BCUT2D eigenvalue weighted by Gasteiger charge is -2.23. The number of H-pyrrole nitrogens is 1. The predicted octanol–water partition coefficient (Wildman–Crippen LogP) is 4.98. The lowest BCUT2D eigenvalue weighted by Crippen LogP contribution is -2.33. The summed E-state index contributed by atoms with van der Waals surface area (Å²) in [6.07, 6.45) is 0.361. The van der Waals surface area contributed by atoms with E-state index in [9.17, 15) is 14.0 Å². The number of halogens is 2. The summed E-state index contributed by atoms with van der Waals surface area (Å²) in [5, 5.41) is 1.12. The number of aromatic amines is 1. The molecular weight excluding hydrogens is 425 g/mol. The van der Waals surface area contributed by atoms with Gasteiger partial charge in [-0.1, -0.05) is 29.8 Å². The largest absolute Gasteiger partial charge is 0.319 e. The number of amides is 1. The van der Waals surface area contributed by atoms with Crippen molar-refractivity contribution in [2.45, 2.75) is 13.3 Å². The topological polar surface area (TPSA) is 66.1 Å². The van der Waals surface area contributed by atoms with E-state index >= 15 is 0 Å². The standard InChI is InChI=1S/C22H17ClFN3O2S/c1-13-21(30-12-25-13)22(29)27(16-5-2-4-15(23)11-16)9-8-14-10-19(28)26-20-17(14)6-3-7-18(20)24/h2-7,10-12H,8-9H2,1H3,(H,26,28). The van der Waals surface area contributed by atoms with Gasteiger partial charge in [0, 0.05) is 28.7 Å². The van der Waals surface area contributed by atoms with Crippen LogP contribution in [0.1, 0.15) is 20.9 Å². The van der Waals surface area contributed by atoms with Crippen LogP contribution >= 0.6 is 22.9 Å². The number of benzene rings is 2. The maximum absolute atomic E-state index is 14.2. The molecule has 1 N–H and O–H groups in total. The van der Waals surface area contributed by atoms with Crippen molar-refractivity contribution in [3.63, 3.8) is 0 Å². The van der Waals surface area contributed by atoms with Crippen LogP contribution in [0.25, 0.3) is 10.9 Å². The fourth-order valence-electron chi connectivity index (χ4n) is 3.37. The molecule has 0 bridgehead atoms. The average molecular weight is 442 g/mol. The quantitative estimate of drug-likeness (QED) is 0.475. The lowest BCUT2D eigenvalue weighted by atomic mass is 10.1. The Morgan fingerprint density at radius 1 is 1.23 bits per heavy atom. The van der Waals surface area contributed by atoms with Gasteiger partial charge in [0.1, 0.15) is 10.7 Å². The Morgan fingerprint density at radius 2 is 2.03 bits per heavy atom. The number of para-hydroxylation sites is 1. The number of thiazole rings is 1. The number of hydrogen-bond acceptors (Lipinski definition) is 4. The van der Waals surface area contributed by atoms with Gasteiger partial charge < -0.3 is 9.88 Å². The third kappa shape index (κ3) is 3.99. The zero-order valence-corrected chi connectivity index (χ0v) is 17.6. The van der Waals surface area contributed by atoms with Crippen LogP contribution in [0.2, 0.25) is 5.02 Å². The van der Waals surface area contributed by atoms with E-state index < -0.39 is 5.82 Å². The zero-order valence-electron chi connectivity index (χ0n) is 16.0. The number of carbonyl (C=O) groups is 1. The van der Waals surface area contributed by atoms with Crippen molar-refractivity contribution in [1.82, 2.24) is 9.97 Å². The zero-order chi connectivity index (χ0) is 21.3. The number of anilines is 1. The molecule has 2 heterocycles. The first-order valence-corrected chi connectivity index (χ1v) is 10.5. The average Bonchev–Trinajstić information content (AvgIpc) is 3.14. The van der Waals surface area contributed by atoms with Gasteiger partial charge in [0.05, 0.1) is 16.7 Å². The van der Waals surface area contributed by atoms with Crippen molar-refractivity contribution in [3.05, 3.63) is 91.4 Å². The summed E-state index contributed by atoms with van der Waals surface area (Å²) in [5.74, 6) is -0.688. The monoisotopic (exact) mass is 441 g/mol. The second-order valence-corrected chi connectivity index (χ2v) is 8.07. The number of carbonyl (C=O) groups excluding carboxylic acids is 1. The number of rotatable bonds is 5. The van der Waals surface area contributed by atoms with Crippen LogP contribution in [0.5, 0.6) is 0 Å². The lowest BCUT2D eigenvalue weighted by molar-refractivity contribution is 0.0990. The van der Waals surface area contributed by atoms with Crippen LogP contribution in [0.15, 0.2) is 58.8 Å². The fourth-order valence-corrected chi connectivity index (χ4v) is 4.31. The molecule has 152 valence electrons. The maximum Gasteiger partial charge on any atom is 0.270 e. The number of aromatic nitrogens is 2. The van der Waals surface area contributed by atoms with Gasteiger partial charge >= 0.3 is 0 Å². The van der Waals surface area contributed by atoms with E-state index in [2.05, 4.69) is 9.97 Å². The van der Waals surface area contributed by atoms with Crippen LogP contribution in [0, 0.1) is 12.7 Å². The van der Waals surface area contributed by atoms with Gasteiger partial charge in [0.15, 0.2) is 0 Å². The SMILES string of the molecule is Cc1ncsc1C(=O)N(CCc1cc(=O)[nH]c2c(F)cccc12)c1cccc(Cl)c1. The Balaban J connectivity index is 1.72. The normalized spacial score (nSPS) is 11.0. The summed E-state index contributed by atoms with van der Waals surface area (Å²) in [6, 6.07) is 13.1. The van der Waals surface area contributed by atoms with Crippen LogP contribution in [0.4, 0.5) is 10.1 Å². The minimum Gasteiger partial charge on any atom is -0.319 e. The first-order valence-electron chi connectivity index (χ1n) is 9.22.